The Morgan fingerprint density at radius 3 is 2.82 bits per heavy atom. The van der Waals surface area contributed by atoms with E-state index in [0.717, 1.165) is 19.4 Å². The van der Waals surface area contributed by atoms with Gasteiger partial charge in [-0.1, -0.05) is 13.3 Å². The van der Waals surface area contributed by atoms with Crippen molar-refractivity contribution in [3.8, 4) is 0 Å². The summed E-state index contributed by atoms with van der Waals surface area (Å²) in [7, 11) is 0. The van der Waals surface area contributed by atoms with Crippen molar-refractivity contribution in [2.45, 2.75) is 39.2 Å². The van der Waals surface area contributed by atoms with Gasteiger partial charge in [0.25, 0.3) is 0 Å². The Hall–Kier alpha value is -1.10. The van der Waals surface area contributed by atoms with E-state index in [1.807, 2.05) is 6.92 Å². The molecule has 0 aromatic heterocycles. The van der Waals surface area contributed by atoms with Gasteiger partial charge >= 0.3 is 0 Å². The number of amides is 2. The first-order valence-corrected chi connectivity index (χ1v) is 6.48. The van der Waals surface area contributed by atoms with Gasteiger partial charge < -0.3 is 15.5 Å². The highest BCUT2D eigenvalue weighted by Crippen LogP contribution is 2.08. The monoisotopic (exact) mass is 241 g/mol. The molecule has 1 rings (SSSR count). The predicted molar refractivity (Wildman–Crippen MR) is 66.6 cm³/mol. The highest BCUT2D eigenvalue weighted by molar-refractivity contribution is 5.88. The van der Waals surface area contributed by atoms with Gasteiger partial charge in [-0.25, -0.2) is 0 Å². The number of carbonyl (C=O) groups excluding carboxylic acids is 2. The number of piperazine rings is 1. The zero-order valence-corrected chi connectivity index (χ0v) is 10.8. The second-order valence-electron chi connectivity index (χ2n) is 4.31. The Labute approximate surface area is 103 Å². The predicted octanol–water partition coefficient (Wildman–Crippen LogP) is 0.113. The first-order valence-electron chi connectivity index (χ1n) is 6.48. The van der Waals surface area contributed by atoms with Crippen molar-refractivity contribution < 1.29 is 9.59 Å². The molecular formula is C12H23N3O2. The summed E-state index contributed by atoms with van der Waals surface area (Å²) in [5.41, 5.74) is 0. The molecule has 1 atom stereocenters. The van der Waals surface area contributed by atoms with Crippen LogP contribution < -0.4 is 10.6 Å². The zero-order valence-electron chi connectivity index (χ0n) is 10.8. The standard InChI is InChI=1S/C12H23N3O2/c1-3-5-6-11(16)15-8-7-13-9-10(15)12(17)14-4-2/h10,13H,3-9H2,1-2H3,(H,14,17). The van der Waals surface area contributed by atoms with Crippen LogP contribution in [0.15, 0.2) is 0 Å². The summed E-state index contributed by atoms with van der Waals surface area (Å²) in [4.78, 5) is 25.6. The van der Waals surface area contributed by atoms with Crippen LogP contribution in [0.3, 0.4) is 0 Å². The van der Waals surface area contributed by atoms with Crippen LogP contribution in [0.4, 0.5) is 0 Å². The number of unbranched alkanes of at least 4 members (excludes halogenated alkanes) is 1. The maximum absolute atomic E-state index is 12.0. The molecule has 0 spiro atoms. The van der Waals surface area contributed by atoms with Crippen LogP contribution in [0.2, 0.25) is 0 Å². The molecule has 98 valence electrons. The number of nitrogens with zero attached hydrogens (tertiary/aromatic N) is 1. The number of rotatable bonds is 5. The maximum atomic E-state index is 12.0. The molecule has 0 aromatic rings. The molecule has 0 radical (unpaired) electrons. The Balaban J connectivity index is 2.58. The molecule has 0 saturated carbocycles. The van der Waals surface area contributed by atoms with Crippen molar-refractivity contribution in [3.63, 3.8) is 0 Å². The van der Waals surface area contributed by atoms with E-state index >= 15 is 0 Å². The highest BCUT2D eigenvalue weighted by Gasteiger charge is 2.31. The molecule has 1 unspecified atom stereocenters. The number of nitrogens with one attached hydrogen (secondary N) is 2. The summed E-state index contributed by atoms with van der Waals surface area (Å²) in [6, 6.07) is -0.340. The first-order chi connectivity index (χ1) is 8.20. The molecule has 2 N–H and O–H groups in total. The lowest BCUT2D eigenvalue weighted by atomic mass is 10.1. The Morgan fingerprint density at radius 2 is 2.18 bits per heavy atom. The molecule has 0 bridgehead atoms. The quantitative estimate of drug-likeness (QED) is 0.718. The Kier molecular flexibility index (Phi) is 5.97. The van der Waals surface area contributed by atoms with Crippen LogP contribution in [0.5, 0.6) is 0 Å². The van der Waals surface area contributed by atoms with Gasteiger partial charge in [0, 0.05) is 32.6 Å². The van der Waals surface area contributed by atoms with Gasteiger partial charge in [-0.05, 0) is 13.3 Å². The fourth-order valence-electron chi connectivity index (χ4n) is 2.00. The first kappa shape index (κ1) is 14.0. The van der Waals surface area contributed by atoms with Gasteiger partial charge in [0.1, 0.15) is 6.04 Å². The topological polar surface area (TPSA) is 61.4 Å². The molecule has 1 saturated heterocycles. The van der Waals surface area contributed by atoms with E-state index in [-0.39, 0.29) is 17.9 Å². The lowest BCUT2D eigenvalue weighted by Gasteiger charge is -2.35. The SMILES string of the molecule is CCCCC(=O)N1CCNCC1C(=O)NCC. The van der Waals surface area contributed by atoms with E-state index in [9.17, 15) is 9.59 Å². The summed E-state index contributed by atoms with van der Waals surface area (Å²) in [5, 5.41) is 5.94. The van der Waals surface area contributed by atoms with E-state index in [1.165, 1.54) is 0 Å². The molecular weight excluding hydrogens is 218 g/mol. The average Bonchev–Trinajstić information content (AvgIpc) is 2.36. The van der Waals surface area contributed by atoms with E-state index in [1.54, 1.807) is 4.90 Å². The summed E-state index contributed by atoms with van der Waals surface area (Å²) < 4.78 is 0. The van der Waals surface area contributed by atoms with Crippen molar-refractivity contribution in [1.82, 2.24) is 15.5 Å². The molecule has 1 aliphatic heterocycles. The third-order valence-electron chi connectivity index (χ3n) is 2.96. The van der Waals surface area contributed by atoms with Gasteiger partial charge in [-0.15, -0.1) is 0 Å². The number of likely N-dealkylation sites (N-methyl/N-ethyl adjacent to an activating group) is 1. The number of carbonyl (C=O) groups is 2. The molecule has 0 aromatic carbocycles. The third kappa shape index (κ3) is 4.00. The van der Waals surface area contributed by atoms with Crippen molar-refractivity contribution in [2.24, 2.45) is 0 Å². The van der Waals surface area contributed by atoms with Crippen LogP contribution in [-0.4, -0.2) is 48.9 Å². The highest BCUT2D eigenvalue weighted by atomic mass is 16.2. The largest absolute Gasteiger partial charge is 0.355 e. The van der Waals surface area contributed by atoms with Crippen LogP contribution in [-0.2, 0) is 9.59 Å². The fraction of sp³-hybridized carbons (Fsp3) is 0.833. The second-order valence-corrected chi connectivity index (χ2v) is 4.31. The van der Waals surface area contributed by atoms with Gasteiger partial charge in [0.2, 0.25) is 11.8 Å². The van der Waals surface area contributed by atoms with Gasteiger partial charge in [0.15, 0.2) is 0 Å². The average molecular weight is 241 g/mol. The summed E-state index contributed by atoms with van der Waals surface area (Å²) >= 11 is 0. The van der Waals surface area contributed by atoms with Crippen molar-refractivity contribution in [3.05, 3.63) is 0 Å². The molecule has 2 amide bonds. The molecule has 1 aliphatic rings. The smallest absolute Gasteiger partial charge is 0.244 e. The summed E-state index contributed by atoms with van der Waals surface area (Å²) in [6.07, 6.45) is 2.45. The summed E-state index contributed by atoms with van der Waals surface area (Å²) in [6.45, 7) is 6.51. The number of hydrogen-bond donors (Lipinski definition) is 2. The minimum atomic E-state index is -0.340. The van der Waals surface area contributed by atoms with Gasteiger partial charge in [-0.3, -0.25) is 9.59 Å². The lowest BCUT2D eigenvalue weighted by Crippen LogP contribution is -2.59. The second kappa shape index (κ2) is 7.27. The van der Waals surface area contributed by atoms with Crippen LogP contribution >= 0.6 is 0 Å². The summed E-state index contributed by atoms with van der Waals surface area (Å²) in [5.74, 6) is 0.0501. The van der Waals surface area contributed by atoms with Crippen molar-refractivity contribution >= 4 is 11.8 Å². The van der Waals surface area contributed by atoms with E-state index in [2.05, 4.69) is 17.6 Å². The van der Waals surface area contributed by atoms with Crippen molar-refractivity contribution in [2.75, 3.05) is 26.2 Å². The van der Waals surface area contributed by atoms with E-state index in [0.29, 0.717) is 26.1 Å². The Bertz CT molecular complexity index is 268. The van der Waals surface area contributed by atoms with E-state index < -0.39 is 0 Å². The maximum Gasteiger partial charge on any atom is 0.244 e. The molecule has 5 nitrogen and oxygen atoms in total. The molecule has 0 aliphatic carbocycles. The fourth-order valence-corrected chi connectivity index (χ4v) is 2.00. The van der Waals surface area contributed by atoms with Gasteiger partial charge in [0.05, 0.1) is 0 Å². The zero-order chi connectivity index (χ0) is 12.7. The molecule has 1 heterocycles. The van der Waals surface area contributed by atoms with Crippen molar-refractivity contribution in [1.29, 1.82) is 0 Å². The van der Waals surface area contributed by atoms with Crippen LogP contribution in [0.1, 0.15) is 33.1 Å². The van der Waals surface area contributed by atoms with Crippen LogP contribution in [0.25, 0.3) is 0 Å². The van der Waals surface area contributed by atoms with E-state index in [4.69, 9.17) is 0 Å². The normalized spacial score (nSPS) is 20.1. The number of hydrogen-bond acceptors (Lipinski definition) is 3. The minimum absolute atomic E-state index is 0.0513. The molecule has 17 heavy (non-hydrogen) atoms. The minimum Gasteiger partial charge on any atom is -0.355 e. The van der Waals surface area contributed by atoms with Crippen LogP contribution in [0, 0.1) is 0 Å². The third-order valence-corrected chi connectivity index (χ3v) is 2.96. The Morgan fingerprint density at radius 1 is 1.41 bits per heavy atom. The lowest BCUT2D eigenvalue weighted by molar-refractivity contribution is -0.141. The molecule has 1 fully saturated rings. The molecule has 5 heteroatoms. The van der Waals surface area contributed by atoms with Gasteiger partial charge in [-0.2, -0.15) is 0 Å².